The highest BCUT2D eigenvalue weighted by atomic mass is 16.5. The quantitative estimate of drug-likeness (QED) is 0.249. The Balaban J connectivity index is 0. The van der Waals surface area contributed by atoms with Crippen molar-refractivity contribution in [3.05, 3.63) is 0 Å². The molecule has 0 aliphatic carbocycles. The molecule has 0 heterocycles. The summed E-state index contributed by atoms with van der Waals surface area (Å²) in [5, 5.41) is 24.7. The summed E-state index contributed by atoms with van der Waals surface area (Å²) in [6, 6.07) is 0. The summed E-state index contributed by atoms with van der Waals surface area (Å²) in [6.07, 6.45) is 17.5. The topological polar surface area (TPSA) is 77.8 Å². The SMILES string of the molecule is CCCC(O)O.CCCCCCCCCCCCCCCC(=O)O. The molecule has 0 unspecified atom stereocenters. The van der Waals surface area contributed by atoms with Crippen molar-refractivity contribution in [2.24, 2.45) is 0 Å². The van der Waals surface area contributed by atoms with Gasteiger partial charge in [0.2, 0.25) is 0 Å². The highest BCUT2D eigenvalue weighted by Crippen LogP contribution is 2.12. The molecule has 0 aromatic rings. The summed E-state index contributed by atoms with van der Waals surface area (Å²) in [7, 11) is 0. The van der Waals surface area contributed by atoms with Gasteiger partial charge in [0, 0.05) is 6.42 Å². The van der Waals surface area contributed by atoms with Gasteiger partial charge in [0.25, 0.3) is 0 Å². The Bertz CT molecular complexity index is 242. The zero-order valence-corrected chi connectivity index (χ0v) is 16.1. The maximum Gasteiger partial charge on any atom is 0.303 e. The van der Waals surface area contributed by atoms with E-state index in [1.165, 1.54) is 70.6 Å². The van der Waals surface area contributed by atoms with Crippen LogP contribution in [0, 0.1) is 0 Å². The summed E-state index contributed by atoms with van der Waals surface area (Å²) >= 11 is 0. The van der Waals surface area contributed by atoms with Crippen molar-refractivity contribution >= 4 is 5.97 Å². The number of aliphatic hydroxyl groups excluding tert-OH is 1. The molecule has 146 valence electrons. The molecule has 24 heavy (non-hydrogen) atoms. The second-order valence-corrected chi connectivity index (χ2v) is 6.66. The van der Waals surface area contributed by atoms with Crippen LogP contribution in [-0.4, -0.2) is 27.6 Å². The predicted octanol–water partition coefficient (Wildman–Crippen LogP) is 5.65. The molecule has 0 radical (unpaired) electrons. The van der Waals surface area contributed by atoms with Crippen LogP contribution in [0.3, 0.4) is 0 Å². The van der Waals surface area contributed by atoms with Gasteiger partial charge in [0.05, 0.1) is 0 Å². The smallest absolute Gasteiger partial charge is 0.303 e. The van der Waals surface area contributed by atoms with Crippen molar-refractivity contribution in [1.29, 1.82) is 0 Å². The molecule has 0 fully saturated rings. The fourth-order valence-electron chi connectivity index (χ4n) is 2.55. The fourth-order valence-corrected chi connectivity index (χ4v) is 2.55. The average molecular weight is 347 g/mol. The number of hydrogen-bond donors (Lipinski definition) is 3. The second kappa shape index (κ2) is 22.4. The van der Waals surface area contributed by atoms with Crippen molar-refractivity contribution in [2.75, 3.05) is 0 Å². The van der Waals surface area contributed by atoms with Crippen molar-refractivity contribution in [1.82, 2.24) is 0 Å². The minimum atomic E-state index is -1.10. The van der Waals surface area contributed by atoms with Crippen LogP contribution in [0.4, 0.5) is 0 Å². The normalized spacial score (nSPS) is 10.5. The number of carbonyl (C=O) groups is 1. The lowest BCUT2D eigenvalue weighted by Crippen LogP contribution is -2.01. The fraction of sp³-hybridized carbons (Fsp3) is 0.950. The number of rotatable bonds is 16. The summed E-state index contributed by atoms with van der Waals surface area (Å²) in [5.74, 6) is -0.655. The van der Waals surface area contributed by atoms with Crippen molar-refractivity contribution in [2.45, 2.75) is 123 Å². The third-order valence-corrected chi connectivity index (χ3v) is 4.04. The summed E-state index contributed by atoms with van der Waals surface area (Å²) < 4.78 is 0. The van der Waals surface area contributed by atoms with Crippen molar-refractivity contribution in [3.63, 3.8) is 0 Å². The van der Waals surface area contributed by atoms with Crippen LogP contribution in [0.1, 0.15) is 117 Å². The van der Waals surface area contributed by atoms with E-state index < -0.39 is 12.3 Å². The minimum absolute atomic E-state index is 0.345. The Hall–Kier alpha value is -0.610. The van der Waals surface area contributed by atoms with E-state index in [0.29, 0.717) is 12.8 Å². The Morgan fingerprint density at radius 2 is 1.04 bits per heavy atom. The first-order valence-electron chi connectivity index (χ1n) is 10.1. The third-order valence-electron chi connectivity index (χ3n) is 4.04. The number of hydrogen-bond acceptors (Lipinski definition) is 3. The molecule has 0 aromatic carbocycles. The molecule has 0 saturated heterocycles. The molecule has 0 bridgehead atoms. The van der Waals surface area contributed by atoms with Crippen LogP contribution in [0.2, 0.25) is 0 Å². The molecule has 0 amide bonds. The lowest BCUT2D eigenvalue weighted by atomic mass is 10.0. The van der Waals surface area contributed by atoms with E-state index in [1.807, 2.05) is 6.92 Å². The largest absolute Gasteiger partial charge is 0.481 e. The second-order valence-electron chi connectivity index (χ2n) is 6.66. The molecule has 0 rings (SSSR count). The lowest BCUT2D eigenvalue weighted by Gasteiger charge is -2.02. The van der Waals surface area contributed by atoms with Gasteiger partial charge in [-0.1, -0.05) is 97.3 Å². The van der Waals surface area contributed by atoms with Gasteiger partial charge < -0.3 is 15.3 Å². The number of carboxylic acids is 1. The van der Waals surface area contributed by atoms with Crippen molar-refractivity contribution < 1.29 is 20.1 Å². The Morgan fingerprint density at radius 1 is 0.667 bits per heavy atom. The van der Waals surface area contributed by atoms with Gasteiger partial charge in [0.15, 0.2) is 6.29 Å². The first kappa shape index (κ1) is 25.6. The molecule has 0 aliphatic heterocycles. The number of aliphatic carboxylic acids is 1. The maximum absolute atomic E-state index is 10.3. The average Bonchev–Trinajstić information content (AvgIpc) is 2.52. The van der Waals surface area contributed by atoms with E-state index in [1.54, 1.807) is 0 Å². The van der Waals surface area contributed by atoms with E-state index in [9.17, 15) is 4.79 Å². The van der Waals surface area contributed by atoms with Gasteiger partial charge in [-0.15, -0.1) is 0 Å². The summed E-state index contributed by atoms with van der Waals surface area (Å²) in [4.78, 5) is 10.3. The minimum Gasteiger partial charge on any atom is -0.481 e. The van der Waals surface area contributed by atoms with Crippen LogP contribution in [0.5, 0.6) is 0 Å². The van der Waals surface area contributed by atoms with Crippen LogP contribution < -0.4 is 0 Å². The third kappa shape index (κ3) is 29.4. The number of carboxylic acid groups (broad SMARTS) is 1. The van der Waals surface area contributed by atoms with Crippen LogP contribution in [-0.2, 0) is 4.79 Å². The van der Waals surface area contributed by atoms with E-state index in [2.05, 4.69) is 6.92 Å². The van der Waals surface area contributed by atoms with Gasteiger partial charge in [-0.3, -0.25) is 4.79 Å². The Morgan fingerprint density at radius 3 is 1.29 bits per heavy atom. The summed E-state index contributed by atoms with van der Waals surface area (Å²) in [6.45, 7) is 4.16. The first-order chi connectivity index (χ1) is 11.5. The highest BCUT2D eigenvalue weighted by molar-refractivity contribution is 5.66. The molecule has 0 spiro atoms. The standard InChI is InChI=1S/C16H32O2.C4H10O2/c1-2-3-4-5-6-7-8-9-10-11-12-13-14-15-16(17)18;1-2-3-4(5)6/h2-15H2,1H3,(H,17,18);4-6H,2-3H2,1H3. The molecule has 0 aromatic heterocycles. The predicted molar refractivity (Wildman–Crippen MR) is 101 cm³/mol. The van der Waals surface area contributed by atoms with Gasteiger partial charge in [-0.2, -0.15) is 0 Å². The lowest BCUT2D eigenvalue weighted by molar-refractivity contribution is -0.137. The zero-order chi connectivity index (χ0) is 18.5. The van der Waals surface area contributed by atoms with Crippen LogP contribution >= 0.6 is 0 Å². The summed E-state index contributed by atoms with van der Waals surface area (Å²) in [5.41, 5.74) is 0. The highest BCUT2D eigenvalue weighted by Gasteiger charge is 1.96. The molecule has 3 N–H and O–H groups in total. The molecular weight excluding hydrogens is 304 g/mol. The van der Waals surface area contributed by atoms with Gasteiger partial charge >= 0.3 is 5.97 Å². The molecule has 0 atom stereocenters. The van der Waals surface area contributed by atoms with Gasteiger partial charge in [-0.25, -0.2) is 0 Å². The van der Waals surface area contributed by atoms with E-state index >= 15 is 0 Å². The Kier molecular flexibility index (Phi) is 23.9. The van der Waals surface area contributed by atoms with Crippen molar-refractivity contribution in [3.8, 4) is 0 Å². The van der Waals surface area contributed by atoms with E-state index in [0.717, 1.165) is 19.3 Å². The molecule has 0 saturated carbocycles. The van der Waals surface area contributed by atoms with Gasteiger partial charge in [-0.05, 0) is 12.8 Å². The molecular formula is C20H42O4. The first-order valence-corrected chi connectivity index (χ1v) is 10.1. The van der Waals surface area contributed by atoms with Crippen LogP contribution in [0.15, 0.2) is 0 Å². The van der Waals surface area contributed by atoms with Crippen LogP contribution in [0.25, 0.3) is 0 Å². The zero-order valence-electron chi connectivity index (χ0n) is 16.1. The van der Waals surface area contributed by atoms with E-state index in [4.69, 9.17) is 15.3 Å². The van der Waals surface area contributed by atoms with Gasteiger partial charge in [0.1, 0.15) is 0 Å². The molecule has 0 aliphatic rings. The number of aliphatic hydroxyl groups is 2. The van der Waals surface area contributed by atoms with E-state index in [-0.39, 0.29) is 0 Å². The number of unbranched alkanes of at least 4 members (excludes halogenated alkanes) is 12. The maximum atomic E-state index is 10.3. The Labute approximate surface area is 149 Å². The monoisotopic (exact) mass is 346 g/mol. The molecule has 4 heteroatoms. The molecule has 4 nitrogen and oxygen atoms in total.